The minimum Gasteiger partial charge on any atom is -0.442 e. The Labute approximate surface area is 165 Å². The molecule has 2 aliphatic heterocycles. The number of aromatic nitrogens is 3. The molecule has 1 aromatic carbocycles. The lowest BCUT2D eigenvalue weighted by Crippen LogP contribution is -2.52. The maximum absolute atomic E-state index is 12.8. The fraction of sp³-hybridized carbons (Fsp3) is 0.250. The van der Waals surface area contributed by atoms with E-state index in [2.05, 4.69) is 15.3 Å². The van der Waals surface area contributed by atoms with Crippen LogP contribution in [0.5, 0.6) is 0 Å². The average molecular weight is 391 g/mol. The van der Waals surface area contributed by atoms with Gasteiger partial charge in [0, 0.05) is 37.3 Å². The molecule has 146 valence electrons. The van der Waals surface area contributed by atoms with Gasteiger partial charge in [0.25, 0.3) is 11.8 Å². The lowest BCUT2D eigenvalue weighted by Gasteiger charge is -2.29. The molecular formula is C20H17N5O4. The molecule has 2 aromatic heterocycles. The maximum atomic E-state index is 12.8. The molecule has 4 heterocycles. The van der Waals surface area contributed by atoms with E-state index in [0.29, 0.717) is 30.2 Å². The number of carbonyl (C=O) groups excluding carboxylic acids is 3. The third kappa shape index (κ3) is 2.82. The van der Waals surface area contributed by atoms with Crippen molar-refractivity contribution in [3.05, 3.63) is 48.0 Å². The van der Waals surface area contributed by atoms with Crippen molar-refractivity contribution >= 4 is 17.7 Å². The summed E-state index contributed by atoms with van der Waals surface area (Å²) >= 11 is 0. The number of fused-ring (bicyclic) bond motifs is 1. The standard InChI is InChI=1S/C20H17N5O4/c1-24-10-14(22-17(24)19-21-6-7-29-19)11-2-3-13-12(8-11)9-25(20(13)28)15-4-5-16(26)23-18(15)27/h2-3,6-8,10,15H,4-5,9H2,1H3,(H,23,26,27). The molecule has 1 saturated heterocycles. The number of amides is 3. The SMILES string of the molecule is Cn1cc(-c2ccc3c(c2)CN(C2CCC(=O)NC2=O)C3=O)nc1-c1ncco1. The van der Waals surface area contributed by atoms with Crippen molar-refractivity contribution in [3.63, 3.8) is 0 Å². The highest BCUT2D eigenvalue weighted by atomic mass is 16.3. The average Bonchev–Trinajstić information content (AvgIpc) is 3.41. The molecule has 1 fully saturated rings. The summed E-state index contributed by atoms with van der Waals surface area (Å²) in [5.74, 6) is 0.131. The van der Waals surface area contributed by atoms with E-state index < -0.39 is 11.9 Å². The quantitative estimate of drug-likeness (QED) is 0.678. The first-order valence-corrected chi connectivity index (χ1v) is 9.22. The Balaban J connectivity index is 1.44. The van der Waals surface area contributed by atoms with Gasteiger partial charge in [0.1, 0.15) is 12.3 Å². The molecule has 1 unspecified atom stereocenters. The molecule has 1 N–H and O–H groups in total. The second-order valence-electron chi connectivity index (χ2n) is 7.17. The minimum absolute atomic E-state index is 0.192. The van der Waals surface area contributed by atoms with Crippen molar-refractivity contribution in [2.24, 2.45) is 7.05 Å². The highest BCUT2D eigenvalue weighted by molar-refractivity contribution is 6.05. The molecule has 2 aliphatic rings. The highest BCUT2D eigenvalue weighted by Gasteiger charge is 2.39. The number of piperidine rings is 1. The molecular weight excluding hydrogens is 374 g/mol. The summed E-state index contributed by atoms with van der Waals surface area (Å²) in [4.78, 5) is 46.6. The summed E-state index contributed by atoms with van der Waals surface area (Å²) in [5, 5.41) is 2.31. The Morgan fingerprint density at radius 2 is 2.10 bits per heavy atom. The summed E-state index contributed by atoms with van der Waals surface area (Å²) in [6.45, 7) is 0.327. The third-order valence-corrected chi connectivity index (χ3v) is 5.32. The molecule has 0 spiro atoms. The molecule has 9 heteroatoms. The zero-order chi connectivity index (χ0) is 20.1. The van der Waals surface area contributed by atoms with E-state index >= 15 is 0 Å². The number of imidazole rings is 1. The van der Waals surface area contributed by atoms with Gasteiger partial charge in [-0.15, -0.1) is 0 Å². The fourth-order valence-electron chi connectivity index (χ4n) is 3.87. The number of hydrogen-bond donors (Lipinski definition) is 1. The van der Waals surface area contributed by atoms with Crippen LogP contribution in [0.3, 0.4) is 0 Å². The van der Waals surface area contributed by atoms with E-state index in [0.717, 1.165) is 16.8 Å². The van der Waals surface area contributed by atoms with E-state index in [4.69, 9.17) is 4.42 Å². The molecule has 0 saturated carbocycles. The summed E-state index contributed by atoms with van der Waals surface area (Å²) in [5.41, 5.74) is 2.99. The van der Waals surface area contributed by atoms with E-state index in [1.54, 1.807) is 12.3 Å². The Morgan fingerprint density at radius 3 is 2.86 bits per heavy atom. The number of benzene rings is 1. The van der Waals surface area contributed by atoms with Crippen LogP contribution in [0.25, 0.3) is 23.0 Å². The second-order valence-corrected chi connectivity index (χ2v) is 7.17. The van der Waals surface area contributed by atoms with Crippen molar-refractivity contribution < 1.29 is 18.8 Å². The van der Waals surface area contributed by atoms with E-state index in [1.165, 1.54) is 11.2 Å². The van der Waals surface area contributed by atoms with Gasteiger partial charge in [-0.25, -0.2) is 9.97 Å². The summed E-state index contributed by atoms with van der Waals surface area (Å²) in [7, 11) is 1.86. The number of hydrogen-bond acceptors (Lipinski definition) is 6. The highest BCUT2D eigenvalue weighted by Crippen LogP contribution is 2.31. The Hall–Kier alpha value is -3.75. The second kappa shape index (κ2) is 6.40. The zero-order valence-corrected chi connectivity index (χ0v) is 15.6. The van der Waals surface area contributed by atoms with E-state index in [1.807, 2.05) is 29.9 Å². The number of nitrogens with one attached hydrogen (secondary N) is 1. The number of carbonyl (C=O) groups is 3. The third-order valence-electron chi connectivity index (χ3n) is 5.32. The number of imide groups is 1. The molecule has 5 rings (SSSR count). The first-order valence-electron chi connectivity index (χ1n) is 9.22. The normalized spacial score (nSPS) is 18.9. The number of oxazole rings is 1. The first kappa shape index (κ1) is 17.4. The van der Waals surface area contributed by atoms with Gasteiger partial charge in [-0.3, -0.25) is 19.7 Å². The lowest BCUT2D eigenvalue weighted by molar-refractivity contribution is -0.136. The summed E-state index contributed by atoms with van der Waals surface area (Å²) < 4.78 is 7.16. The van der Waals surface area contributed by atoms with Gasteiger partial charge in [0.05, 0.1) is 11.9 Å². The Bertz CT molecular complexity index is 1150. The van der Waals surface area contributed by atoms with Gasteiger partial charge in [-0.05, 0) is 24.1 Å². The van der Waals surface area contributed by atoms with E-state index in [9.17, 15) is 14.4 Å². The lowest BCUT2D eigenvalue weighted by atomic mass is 10.0. The summed E-state index contributed by atoms with van der Waals surface area (Å²) in [6, 6.07) is 4.90. The zero-order valence-electron chi connectivity index (χ0n) is 15.6. The van der Waals surface area contributed by atoms with Crippen LogP contribution in [0.1, 0.15) is 28.8 Å². The molecule has 3 aromatic rings. The van der Waals surface area contributed by atoms with Crippen molar-refractivity contribution in [1.29, 1.82) is 0 Å². The minimum atomic E-state index is -0.623. The van der Waals surface area contributed by atoms with Crippen LogP contribution in [-0.2, 0) is 23.2 Å². The van der Waals surface area contributed by atoms with Crippen molar-refractivity contribution in [2.45, 2.75) is 25.4 Å². The number of aryl methyl sites for hydroxylation is 1. The number of nitrogens with zero attached hydrogens (tertiary/aromatic N) is 4. The van der Waals surface area contributed by atoms with Gasteiger partial charge >= 0.3 is 0 Å². The molecule has 0 aliphatic carbocycles. The molecule has 3 amide bonds. The van der Waals surface area contributed by atoms with Crippen LogP contribution in [0, 0.1) is 0 Å². The van der Waals surface area contributed by atoms with Gasteiger partial charge in [0.15, 0.2) is 5.82 Å². The van der Waals surface area contributed by atoms with Crippen LogP contribution >= 0.6 is 0 Å². The van der Waals surface area contributed by atoms with Crippen LogP contribution in [0.2, 0.25) is 0 Å². The predicted molar refractivity (Wildman–Crippen MR) is 100 cm³/mol. The molecule has 0 bridgehead atoms. The molecule has 0 radical (unpaired) electrons. The molecule has 29 heavy (non-hydrogen) atoms. The van der Waals surface area contributed by atoms with Gasteiger partial charge in [0.2, 0.25) is 11.8 Å². The number of rotatable bonds is 3. The van der Waals surface area contributed by atoms with Crippen molar-refractivity contribution in [1.82, 2.24) is 24.8 Å². The summed E-state index contributed by atoms with van der Waals surface area (Å²) in [6.07, 6.45) is 5.51. The monoisotopic (exact) mass is 391 g/mol. The van der Waals surface area contributed by atoms with Gasteiger partial charge in [-0.2, -0.15) is 0 Å². The fourth-order valence-corrected chi connectivity index (χ4v) is 3.87. The van der Waals surface area contributed by atoms with Crippen LogP contribution < -0.4 is 5.32 Å². The smallest absolute Gasteiger partial charge is 0.263 e. The van der Waals surface area contributed by atoms with Crippen LogP contribution in [0.4, 0.5) is 0 Å². The Kier molecular flexibility index (Phi) is 3.83. The van der Waals surface area contributed by atoms with Gasteiger partial charge < -0.3 is 13.9 Å². The van der Waals surface area contributed by atoms with Crippen molar-refractivity contribution in [3.8, 4) is 23.0 Å². The first-order chi connectivity index (χ1) is 14.0. The molecule has 9 nitrogen and oxygen atoms in total. The van der Waals surface area contributed by atoms with Gasteiger partial charge in [-0.1, -0.05) is 6.07 Å². The largest absolute Gasteiger partial charge is 0.442 e. The van der Waals surface area contributed by atoms with Crippen molar-refractivity contribution in [2.75, 3.05) is 0 Å². The maximum Gasteiger partial charge on any atom is 0.263 e. The Morgan fingerprint density at radius 1 is 1.24 bits per heavy atom. The van der Waals surface area contributed by atoms with Crippen LogP contribution in [0.15, 0.2) is 41.3 Å². The predicted octanol–water partition coefficient (Wildman–Crippen LogP) is 1.50. The van der Waals surface area contributed by atoms with Crippen LogP contribution in [-0.4, -0.2) is 43.2 Å². The topological polar surface area (TPSA) is 110 Å². The molecule has 1 atom stereocenters. The van der Waals surface area contributed by atoms with E-state index in [-0.39, 0.29) is 18.2 Å².